The number of halogens is 2. The Balaban J connectivity index is 2.02. The van der Waals surface area contributed by atoms with Crippen molar-refractivity contribution >= 4 is 52.3 Å². The van der Waals surface area contributed by atoms with E-state index in [-0.39, 0.29) is 11.5 Å². The third kappa shape index (κ3) is 6.08. The van der Waals surface area contributed by atoms with Gasteiger partial charge < -0.3 is 20.7 Å². The fourth-order valence-corrected chi connectivity index (χ4v) is 4.68. The zero-order valence-electron chi connectivity index (χ0n) is 19.9. The van der Waals surface area contributed by atoms with Gasteiger partial charge in [0.2, 0.25) is 5.95 Å². The summed E-state index contributed by atoms with van der Waals surface area (Å²) < 4.78 is 4.63. The Bertz CT molecular complexity index is 1180. The molecule has 2 heterocycles. The minimum Gasteiger partial charge on any atom is -0.453 e. The van der Waals surface area contributed by atoms with Crippen LogP contribution in [0.5, 0.6) is 0 Å². The maximum atomic E-state index is 11.4. The van der Waals surface area contributed by atoms with Crippen molar-refractivity contribution in [2.75, 3.05) is 31.3 Å². The highest BCUT2D eigenvalue weighted by Crippen LogP contribution is 2.44. The van der Waals surface area contributed by atoms with Gasteiger partial charge in [-0.15, -0.1) is 11.3 Å². The number of anilines is 2. The number of ether oxygens (including phenoxy) is 1. The van der Waals surface area contributed by atoms with Gasteiger partial charge in [0.1, 0.15) is 0 Å². The first-order valence-corrected chi connectivity index (χ1v) is 12.2. The molecule has 0 aliphatic heterocycles. The third-order valence-corrected chi connectivity index (χ3v) is 6.96. The number of thiazole rings is 1. The smallest absolute Gasteiger partial charge is 0.407 e. The van der Waals surface area contributed by atoms with Gasteiger partial charge in [0, 0.05) is 41.8 Å². The largest absolute Gasteiger partial charge is 0.453 e. The molecule has 8 nitrogen and oxygen atoms in total. The summed E-state index contributed by atoms with van der Waals surface area (Å²) in [7, 11) is 3.12. The SMILES string of the molecule is CNc1cc(Cl)cc(-c2nc(C(C)(C)C)sc2-c2ccnc(NC[C@H](C)NC(=O)OC)n2)c1Cl. The lowest BCUT2D eigenvalue weighted by atomic mass is 9.98. The van der Waals surface area contributed by atoms with E-state index in [0.29, 0.717) is 33.9 Å². The van der Waals surface area contributed by atoms with Crippen LogP contribution in [0, 0.1) is 0 Å². The number of nitrogens with zero attached hydrogens (tertiary/aromatic N) is 3. The lowest BCUT2D eigenvalue weighted by Crippen LogP contribution is -2.37. The van der Waals surface area contributed by atoms with Crippen LogP contribution in [0.25, 0.3) is 21.8 Å². The van der Waals surface area contributed by atoms with Crippen molar-refractivity contribution in [2.45, 2.75) is 39.2 Å². The molecule has 0 spiro atoms. The first-order valence-electron chi connectivity index (χ1n) is 10.6. The molecule has 11 heteroatoms. The van der Waals surface area contributed by atoms with Crippen LogP contribution in [0.1, 0.15) is 32.7 Å². The average Bonchev–Trinajstić information content (AvgIpc) is 3.25. The molecule has 2 aromatic heterocycles. The quantitative estimate of drug-likeness (QED) is 0.346. The van der Waals surface area contributed by atoms with Crippen molar-refractivity contribution in [3.63, 3.8) is 0 Å². The number of aromatic nitrogens is 3. The maximum Gasteiger partial charge on any atom is 0.407 e. The highest BCUT2D eigenvalue weighted by molar-refractivity contribution is 7.15. The third-order valence-electron chi connectivity index (χ3n) is 4.83. The summed E-state index contributed by atoms with van der Waals surface area (Å²) in [6, 6.07) is 5.25. The van der Waals surface area contributed by atoms with Gasteiger partial charge in [-0.05, 0) is 25.1 Å². The van der Waals surface area contributed by atoms with Crippen molar-refractivity contribution in [3.05, 3.63) is 39.4 Å². The van der Waals surface area contributed by atoms with E-state index in [0.717, 1.165) is 21.1 Å². The molecule has 0 fully saturated rings. The van der Waals surface area contributed by atoms with Gasteiger partial charge in [-0.1, -0.05) is 44.0 Å². The molecule has 34 heavy (non-hydrogen) atoms. The van der Waals surface area contributed by atoms with Gasteiger partial charge in [-0.3, -0.25) is 0 Å². The van der Waals surface area contributed by atoms with E-state index in [9.17, 15) is 4.79 Å². The normalized spacial score (nSPS) is 12.2. The van der Waals surface area contributed by atoms with Gasteiger partial charge in [0.05, 0.1) is 39.1 Å². The van der Waals surface area contributed by atoms with E-state index < -0.39 is 6.09 Å². The fraction of sp³-hybridized carbons (Fsp3) is 0.391. The van der Waals surface area contributed by atoms with E-state index in [1.54, 1.807) is 30.6 Å². The van der Waals surface area contributed by atoms with Gasteiger partial charge in [-0.2, -0.15) is 0 Å². The summed E-state index contributed by atoms with van der Waals surface area (Å²) in [5, 5.41) is 11.0. The number of alkyl carbamates (subject to hydrolysis) is 1. The summed E-state index contributed by atoms with van der Waals surface area (Å²) in [4.78, 5) is 26.2. The Labute approximate surface area is 213 Å². The zero-order chi connectivity index (χ0) is 25.0. The molecule has 0 bridgehead atoms. The Morgan fingerprint density at radius 3 is 2.62 bits per heavy atom. The molecule has 0 aliphatic carbocycles. The Morgan fingerprint density at radius 1 is 1.24 bits per heavy atom. The molecular formula is C23H28Cl2N6O2S. The summed E-state index contributed by atoms with van der Waals surface area (Å²) in [5.74, 6) is 0.431. The van der Waals surface area contributed by atoms with E-state index in [2.05, 4.69) is 46.4 Å². The number of methoxy groups -OCH3 is 1. The molecular weight excluding hydrogens is 495 g/mol. The summed E-state index contributed by atoms with van der Waals surface area (Å²) in [5.41, 5.74) is 2.69. The summed E-state index contributed by atoms with van der Waals surface area (Å²) in [6.07, 6.45) is 1.19. The van der Waals surface area contributed by atoms with Crippen LogP contribution in [0.2, 0.25) is 10.0 Å². The minimum atomic E-state index is -0.493. The van der Waals surface area contributed by atoms with E-state index >= 15 is 0 Å². The molecule has 0 aliphatic rings. The van der Waals surface area contributed by atoms with E-state index in [1.807, 2.05) is 19.1 Å². The number of rotatable bonds is 7. The number of hydrogen-bond donors (Lipinski definition) is 3. The molecule has 182 valence electrons. The Hall–Kier alpha value is -2.62. The highest BCUT2D eigenvalue weighted by Gasteiger charge is 2.26. The minimum absolute atomic E-state index is 0.169. The molecule has 3 aromatic rings. The maximum absolute atomic E-state index is 11.4. The topological polar surface area (TPSA) is 101 Å². The standard InChI is InChI=1S/C23H28Cl2N6O2S/c1-12(29-22(32)33-6)11-28-21-27-8-7-15(30-21)19-18(31-20(34-19)23(2,3)4)14-9-13(24)10-16(26-5)17(14)25/h7-10,12,26H,11H2,1-6H3,(H,29,32)(H,27,28,30)/t12-/m0/s1. The van der Waals surface area contributed by atoms with Crippen LogP contribution in [-0.2, 0) is 10.2 Å². The first kappa shape index (κ1) is 26.0. The van der Waals surface area contributed by atoms with Crippen LogP contribution < -0.4 is 16.0 Å². The molecule has 0 saturated carbocycles. The van der Waals surface area contributed by atoms with Crippen LogP contribution in [0.3, 0.4) is 0 Å². The Kier molecular flexibility index (Phi) is 8.22. The van der Waals surface area contributed by atoms with Gasteiger partial charge in [0.15, 0.2) is 0 Å². The molecule has 3 rings (SSSR count). The fourth-order valence-electron chi connectivity index (χ4n) is 3.07. The van der Waals surface area contributed by atoms with Crippen LogP contribution in [-0.4, -0.2) is 47.8 Å². The highest BCUT2D eigenvalue weighted by atomic mass is 35.5. The van der Waals surface area contributed by atoms with Crippen LogP contribution >= 0.6 is 34.5 Å². The van der Waals surface area contributed by atoms with Crippen molar-refractivity contribution < 1.29 is 9.53 Å². The second-order valence-electron chi connectivity index (χ2n) is 8.69. The molecule has 0 unspecified atom stereocenters. The van der Waals surface area contributed by atoms with E-state index in [4.69, 9.17) is 33.2 Å². The first-order chi connectivity index (χ1) is 16.0. The molecule has 1 atom stereocenters. The molecule has 0 radical (unpaired) electrons. The number of benzene rings is 1. The lowest BCUT2D eigenvalue weighted by Gasteiger charge is -2.14. The van der Waals surface area contributed by atoms with Gasteiger partial charge in [0.25, 0.3) is 0 Å². The van der Waals surface area contributed by atoms with Gasteiger partial charge >= 0.3 is 6.09 Å². The number of amides is 1. The predicted molar refractivity (Wildman–Crippen MR) is 140 cm³/mol. The average molecular weight is 523 g/mol. The van der Waals surface area contributed by atoms with Crippen molar-refractivity contribution in [2.24, 2.45) is 0 Å². The second kappa shape index (κ2) is 10.8. The number of carbonyl (C=O) groups is 1. The van der Waals surface area contributed by atoms with Gasteiger partial charge in [-0.25, -0.2) is 19.7 Å². The molecule has 0 saturated heterocycles. The Morgan fingerprint density at radius 2 is 1.97 bits per heavy atom. The van der Waals surface area contributed by atoms with Crippen molar-refractivity contribution in [1.29, 1.82) is 0 Å². The predicted octanol–water partition coefficient (Wildman–Crippen LogP) is 6.07. The molecule has 3 N–H and O–H groups in total. The zero-order valence-corrected chi connectivity index (χ0v) is 22.2. The second-order valence-corrected chi connectivity index (χ2v) is 10.5. The lowest BCUT2D eigenvalue weighted by molar-refractivity contribution is 0.168. The van der Waals surface area contributed by atoms with E-state index in [1.165, 1.54) is 7.11 Å². The van der Waals surface area contributed by atoms with Crippen LogP contribution in [0.15, 0.2) is 24.4 Å². The molecule has 1 aromatic carbocycles. The number of carbonyl (C=O) groups excluding carboxylic acids is 1. The van der Waals surface area contributed by atoms with Crippen molar-refractivity contribution in [1.82, 2.24) is 20.3 Å². The van der Waals surface area contributed by atoms with Crippen LogP contribution in [0.4, 0.5) is 16.4 Å². The summed E-state index contributed by atoms with van der Waals surface area (Å²) in [6.45, 7) is 8.61. The monoisotopic (exact) mass is 522 g/mol. The number of nitrogens with one attached hydrogen (secondary N) is 3. The molecule has 1 amide bonds. The summed E-state index contributed by atoms with van der Waals surface area (Å²) >= 11 is 14.7. The van der Waals surface area contributed by atoms with Crippen molar-refractivity contribution in [3.8, 4) is 21.8 Å². The number of hydrogen-bond acceptors (Lipinski definition) is 8.